The number of nitrogens with zero attached hydrogens (tertiary/aromatic N) is 1. The standard InChI is InChI=1S/C25H32N3O3/c26-25(30)28(24(29)16-11-20-7-3-1-4-8-20)18-17-27-22-12-14-23(15-13-22)31-19-21-9-5-2-6-10-21/h2,5-6,9-10,12-16,20,27H,1,3-4,7-8,11,17-19H2,(H2,26,30). The monoisotopic (exact) mass is 422 g/mol. The van der Waals surface area contributed by atoms with Crippen LogP contribution in [0.5, 0.6) is 5.75 Å². The molecule has 0 atom stereocenters. The van der Waals surface area contributed by atoms with E-state index in [-0.39, 0.29) is 12.5 Å². The summed E-state index contributed by atoms with van der Waals surface area (Å²) in [5.74, 6) is 1.03. The maximum absolute atomic E-state index is 12.4. The van der Waals surface area contributed by atoms with E-state index in [0.717, 1.165) is 41.2 Å². The van der Waals surface area contributed by atoms with Gasteiger partial charge in [0.1, 0.15) is 12.4 Å². The van der Waals surface area contributed by atoms with Gasteiger partial charge in [-0.25, -0.2) is 4.79 Å². The average Bonchev–Trinajstić information content (AvgIpc) is 2.81. The molecular formula is C25H32N3O3. The summed E-state index contributed by atoms with van der Waals surface area (Å²) >= 11 is 0. The molecular weight excluding hydrogens is 390 g/mol. The number of amides is 3. The van der Waals surface area contributed by atoms with E-state index in [4.69, 9.17) is 10.5 Å². The molecule has 3 amide bonds. The molecule has 2 aromatic rings. The molecule has 1 aliphatic rings. The lowest BCUT2D eigenvalue weighted by atomic mass is 9.86. The molecule has 0 aliphatic heterocycles. The summed E-state index contributed by atoms with van der Waals surface area (Å²) in [5.41, 5.74) is 7.43. The molecule has 3 N–H and O–H groups in total. The van der Waals surface area contributed by atoms with Crippen LogP contribution in [0.1, 0.15) is 44.1 Å². The largest absolute Gasteiger partial charge is 0.489 e. The van der Waals surface area contributed by atoms with Crippen LogP contribution in [-0.4, -0.2) is 29.9 Å². The fourth-order valence-electron chi connectivity index (χ4n) is 3.85. The van der Waals surface area contributed by atoms with Crippen LogP contribution in [0.4, 0.5) is 10.5 Å². The molecule has 0 bridgehead atoms. The van der Waals surface area contributed by atoms with E-state index in [1.54, 1.807) is 6.42 Å². The number of urea groups is 1. The molecule has 2 aromatic carbocycles. The van der Waals surface area contributed by atoms with Gasteiger partial charge in [0.15, 0.2) is 0 Å². The summed E-state index contributed by atoms with van der Waals surface area (Å²) in [7, 11) is 0. The molecule has 1 aliphatic carbocycles. The third-order valence-corrected chi connectivity index (χ3v) is 5.65. The minimum absolute atomic E-state index is 0.224. The number of carbonyl (C=O) groups is 2. The number of primary amides is 1. The van der Waals surface area contributed by atoms with Gasteiger partial charge < -0.3 is 15.8 Å². The van der Waals surface area contributed by atoms with Gasteiger partial charge in [-0.2, -0.15) is 0 Å². The molecule has 6 heteroatoms. The first-order chi connectivity index (χ1) is 15.1. The fraction of sp³-hybridized carbons (Fsp3) is 0.400. The number of nitrogens with one attached hydrogen (secondary N) is 1. The summed E-state index contributed by atoms with van der Waals surface area (Å²) in [5, 5.41) is 3.22. The van der Waals surface area contributed by atoms with Crippen LogP contribution >= 0.6 is 0 Å². The van der Waals surface area contributed by atoms with E-state index in [1.807, 2.05) is 54.6 Å². The van der Waals surface area contributed by atoms with Crippen molar-refractivity contribution in [3.05, 3.63) is 66.6 Å². The van der Waals surface area contributed by atoms with Crippen LogP contribution in [0, 0.1) is 12.3 Å². The molecule has 165 valence electrons. The van der Waals surface area contributed by atoms with Crippen LogP contribution in [0.2, 0.25) is 0 Å². The number of rotatable bonds is 10. The second-order valence-corrected chi connectivity index (χ2v) is 8.00. The van der Waals surface area contributed by atoms with Crippen molar-refractivity contribution in [2.45, 2.75) is 45.1 Å². The van der Waals surface area contributed by atoms with Gasteiger partial charge in [-0.05, 0) is 42.2 Å². The Morgan fingerprint density at radius 2 is 1.74 bits per heavy atom. The van der Waals surface area contributed by atoms with Crippen molar-refractivity contribution in [1.29, 1.82) is 0 Å². The smallest absolute Gasteiger partial charge is 0.321 e. The number of anilines is 1. The Morgan fingerprint density at radius 1 is 1.03 bits per heavy atom. The Hall–Kier alpha value is -3.02. The lowest BCUT2D eigenvalue weighted by Crippen LogP contribution is -2.43. The highest BCUT2D eigenvalue weighted by Gasteiger charge is 2.21. The van der Waals surface area contributed by atoms with Gasteiger partial charge in [-0.15, -0.1) is 0 Å². The first kappa shape index (κ1) is 22.7. The van der Waals surface area contributed by atoms with Crippen LogP contribution in [-0.2, 0) is 11.4 Å². The molecule has 0 saturated heterocycles. The second kappa shape index (κ2) is 12.0. The maximum Gasteiger partial charge on any atom is 0.321 e. The highest BCUT2D eigenvalue weighted by molar-refractivity contribution is 5.98. The topological polar surface area (TPSA) is 84.7 Å². The number of hydrogen-bond acceptors (Lipinski definition) is 4. The van der Waals surface area contributed by atoms with Gasteiger partial charge in [0, 0.05) is 18.8 Å². The Bertz CT molecular complexity index is 818. The quantitative estimate of drug-likeness (QED) is 0.578. The predicted octanol–water partition coefficient (Wildman–Crippen LogP) is 4.76. The molecule has 0 aromatic heterocycles. The molecule has 1 fully saturated rings. The molecule has 0 spiro atoms. The minimum Gasteiger partial charge on any atom is -0.489 e. The first-order valence-electron chi connectivity index (χ1n) is 11.1. The van der Waals surface area contributed by atoms with Crippen molar-refractivity contribution in [2.75, 3.05) is 18.4 Å². The van der Waals surface area contributed by atoms with Crippen molar-refractivity contribution in [1.82, 2.24) is 4.90 Å². The normalized spacial score (nSPS) is 14.1. The van der Waals surface area contributed by atoms with E-state index in [2.05, 4.69) is 5.32 Å². The Kier molecular flexibility index (Phi) is 8.76. The highest BCUT2D eigenvalue weighted by Crippen LogP contribution is 2.27. The van der Waals surface area contributed by atoms with E-state index >= 15 is 0 Å². The van der Waals surface area contributed by atoms with E-state index < -0.39 is 6.03 Å². The number of imide groups is 1. The van der Waals surface area contributed by atoms with Gasteiger partial charge in [0.05, 0.1) is 6.42 Å². The van der Waals surface area contributed by atoms with Crippen molar-refractivity contribution in [3.63, 3.8) is 0 Å². The van der Waals surface area contributed by atoms with Gasteiger partial charge in [-0.3, -0.25) is 9.69 Å². The maximum atomic E-state index is 12.4. The molecule has 1 radical (unpaired) electrons. The van der Waals surface area contributed by atoms with Gasteiger partial charge >= 0.3 is 6.03 Å². The van der Waals surface area contributed by atoms with Crippen molar-refractivity contribution >= 4 is 17.6 Å². The number of hydrogen-bond donors (Lipinski definition) is 2. The zero-order valence-electron chi connectivity index (χ0n) is 18.0. The highest BCUT2D eigenvalue weighted by atomic mass is 16.5. The summed E-state index contributed by atoms with van der Waals surface area (Å²) in [6, 6.07) is 16.9. The third kappa shape index (κ3) is 7.63. The van der Waals surface area contributed by atoms with Gasteiger partial charge in [0.25, 0.3) is 0 Å². The molecule has 31 heavy (non-hydrogen) atoms. The second-order valence-electron chi connectivity index (χ2n) is 8.00. The molecule has 3 rings (SSSR count). The van der Waals surface area contributed by atoms with Gasteiger partial charge in [-0.1, -0.05) is 62.4 Å². The number of benzene rings is 2. The summed E-state index contributed by atoms with van der Waals surface area (Å²) in [4.78, 5) is 25.3. The van der Waals surface area contributed by atoms with Crippen LogP contribution in [0.15, 0.2) is 54.6 Å². The summed E-state index contributed by atoms with van der Waals surface area (Å²) in [6.45, 7) is 1.17. The van der Waals surface area contributed by atoms with E-state index in [0.29, 0.717) is 19.1 Å². The molecule has 0 unspecified atom stereocenters. The fourth-order valence-corrected chi connectivity index (χ4v) is 3.85. The Labute approximate surface area is 184 Å². The minimum atomic E-state index is -0.712. The lowest BCUT2D eigenvalue weighted by Gasteiger charge is -2.23. The SMILES string of the molecule is NC(=O)N(CCNc1ccc(OCc2ccccc2)cc1)C(=O)[CH]CC1CCCCC1. The number of carbonyl (C=O) groups excluding carboxylic acids is 2. The molecule has 1 saturated carbocycles. The third-order valence-electron chi connectivity index (χ3n) is 5.65. The Balaban J connectivity index is 1.40. The Morgan fingerprint density at radius 3 is 2.42 bits per heavy atom. The van der Waals surface area contributed by atoms with E-state index in [1.165, 1.54) is 19.3 Å². The predicted molar refractivity (Wildman–Crippen MR) is 122 cm³/mol. The van der Waals surface area contributed by atoms with Crippen molar-refractivity contribution < 1.29 is 14.3 Å². The molecule has 6 nitrogen and oxygen atoms in total. The average molecular weight is 423 g/mol. The van der Waals surface area contributed by atoms with E-state index in [9.17, 15) is 9.59 Å². The van der Waals surface area contributed by atoms with Crippen LogP contribution < -0.4 is 15.8 Å². The zero-order chi connectivity index (χ0) is 21.9. The van der Waals surface area contributed by atoms with Crippen LogP contribution in [0.25, 0.3) is 0 Å². The summed E-state index contributed by atoms with van der Waals surface area (Å²) < 4.78 is 5.78. The van der Waals surface area contributed by atoms with Crippen molar-refractivity contribution in [2.24, 2.45) is 11.7 Å². The van der Waals surface area contributed by atoms with Crippen molar-refractivity contribution in [3.8, 4) is 5.75 Å². The number of ether oxygens (including phenoxy) is 1. The summed E-state index contributed by atoms with van der Waals surface area (Å²) in [6.07, 6.45) is 8.40. The molecule has 0 heterocycles. The zero-order valence-corrected chi connectivity index (χ0v) is 18.0. The van der Waals surface area contributed by atoms with Gasteiger partial charge in [0.2, 0.25) is 5.91 Å². The number of nitrogens with two attached hydrogens (primary N) is 1. The van der Waals surface area contributed by atoms with Crippen LogP contribution in [0.3, 0.4) is 0 Å². The first-order valence-corrected chi connectivity index (χ1v) is 11.1. The lowest BCUT2D eigenvalue weighted by molar-refractivity contribution is -0.124.